The lowest BCUT2D eigenvalue weighted by atomic mass is 10.1. The molecule has 0 heterocycles. The molecule has 0 aliphatic carbocycles. The summed E-state index contributed by atoms with van der Waals surface area (Å²) in [5.41, 5.74) is -0.139. The van der Waals surface area contributed by atoms with E-state index in [2.05, 4.69) is 12.2 Å². The molecule has 1 unspecified atom stereocenters. The topological polar surface area (TPSA) is 92.5 Å². The summed E-state index contributed by atoms with van der Waals surface area (Å²) in [5.74, 6) is 0.586. The Morgan fingerprint density at radius 1 is 1.58 bits per heavy atom. The summed E-state index contributed by atoms with van der Waals surface area (Å²) in [7, 11) is 0. The number of carboxylic acid groups (broad SMARTS) is 1. The van der Waals surface area contributed by atoms with Crippen LogP contribution in [0, 0.1) is 10.1 Å². The molecule has 0 saturated heterocycles. The second-order valence-electron chi connectivity index (χ2n) is 4.00. The number of benzene rings is 1. The first-order valence-electron chi connectivity index (χ1n) is 5.81. The van der Waals surface area contributed by atoms with Crippen molar-refractivity contribution in [3.05, 3.63) is 33.9 Å². The number of rotatable bonds is 7. The van der Waals surface area contributed by atoms with E-state index in [9.17, 15) is 14.9 Å². The Balaban J connectivity index is 2.90. The quantitative estimate of drug-likeness (QED) is 0.591. The molecule has 0 fully saturated rings. The number of carbonyl (C=O) groups is 1. The number of anilines is 1. The summed E-state index contributed by atoms with van der Waals surface area (Å²) in [4.78, 5) is 21.0. The van der Waals surface area contributed by atoms with Crippen molar-refractivity contribution in [2.75, 3.05) is 16.8 Å². The van der Waals surface area contributed by atoms with Crippen LogP contribution in [0.4, 0.5) is 11.4 Å². The monoisotopic (exact) mass is 284 g/mol. The average molecular weight is 284 g/mol. The van der Waals surface area contributed by atoms with Crippen molar-refractivity contribution in [1.29, 1.82) is 0 Å². The van der Waals surface area contributed by atoms with E-state index in [0.717, 1.165) is 11.5 Å². The number of carboxylic acids is 1. The van der Waals surface area contributed by atoms with Gasteiger partial charge >= 0.3 is 5.97 Å². The number of nitrogens with one attached hydrogen (secondary N) is 1. The smallest absolute Gasteiger partial charge is 0.342 e. The molecule has 104 valence electrons. The summed E-state index contributed by atoms with van der Waals surface area (Å²) in [5, 5.41) is 22.8. The van der Waals surface area contributed by atoms with Crippen molar-refractivity contribution in [2.24, 2.45) is 0 Å². The van der Waals surface area contributed by atoms with Gasteiger partial charge in [0.25, 0.3) is 5.69 Å². The maximum absolute atomic E-state index is 10.9. The Hall–Kier alpha value is -1.76. The van der Waals surface area contributed by atoms with Gasteiger partial charge in [0.05, 0.1) is 4.92 Å². The van der Waals surface area contributed by atoms with E-state index in [1.54, 1.807) is 17.8 Å². The molecule has 7 heteroatoms. The van der Waals surface area contributed by atoms with Gasteiger partial charge in [0.1, 0.15) is 5.56 Å². The molecule has 0 amide bonds. The van der Waals surface area contributed by atoms with Crippen LogP contribution in [0.1, 0.15) is 24.2 Å². The van der Waals surface area contributed by atoms with E-state index in [1.165, 1.54) is 12.1 Å². The molecule has 19 heavy (non-hydrogen) atoms. The first-order chi connectivity index (χ1) is 8.95. The number of aromatic carboxylic acids is 1. The number of hydrogen-bond donors (Lipinski definition) is 2. The van der Waals surface area contributed by atoms with E-state index in [1.807, 2.05) is 6.92 Å². The van der Waals surface area contributed by atoms with E-state index >= 15 is 0 Å². The van der Waals surface area contributed by atoms with Gasteiger partial charge in [-0.25, -0.2) is 4.79 Å². The van der Waals surface area contributed by atoms with Crippen LogP contribution in [0.15, 0.2) is 18.2 Å². The Morgan fingerprint density at radius 3 is 2.79 bits per heavy atom. The fourth-order valence-corrected chi connectivity index (χ4v) is 2.25. The van der Waals surface area contributed by atoms with Gasteiger partial charge < -0.3 is 10.4 Å². The standard InChI is InChI=1S/C12H16N2O4S/c1-3-19-7-8(2)13-9-4-5-10(12(15)16)11(6-9)14(17)18/h4-6,8,13H,3,7H2,1-2H3,(H,15,16). The third-order valence-electron chi connectivity index (χ3n) is 2.41. The van der Waals surface area contributed by atoms with Gasteiger partial charge in [-0.05, 0) is 24.8 Å². The highest BCUT2D eigenvalue weighted by molar-refractivity contribution is 7.99. The predicted octanol–water partition coefficient (Wildman–Crippen LogP) is 2.85. The number of hydrogen-bond acceptors (Lipinski definition) is 5. The molecule has 0 bridgehead atoms. The second-order valence-corrected chi connectivity index (χ2v) is 5.32. The molecule has 0 aromatic heterocycles. The second kappa shape index (κ2) is 6.98. The Bertz CT molecular complexity index is 479. The van der Waals surface area contributed by atoms with E-state index in [4.69, 9.17) is 5.11 Å². The summed E-state index contributed by atoms with van der Waals surface area (Å²) in [6.45, 7) is 4.03. The van der Waals surface area contributed by atoms with Crippen LogP contribution < -0.4 is 5.32 Å². The lowest BCUT2D eigenvalue weighted by Gasteiger charge is -2.14. The molecule has 0 saturated carbocycles. The Morgan fingerprint density at radius 2 is 2.26 bits per heavy atom. The number of nitrogens with zero attached hydrogens (tertiary/aromatic N) is 1. The predicted molar refractivity (Wildman–Crippen MR) is 76.1 cm³/mol. The third-order valence-corrected chi connectivity index (χ3v) is 3.55. The maximum atomic E-state index is 10.9. The van der Waals surface area contributed by atoms with Crippen LogP contribution in [0.2, 0.25) is 0 Å². The SMILES string of the molecule is CCSCC(C)Nc1ccc(C(=O)O)c([N+](=O)[O-])c1. The Labute approximate surface area is 115 Å². The molecule has 0 aliphatic heterocycles. The molecule has 1 aromatic carbocycles. The summed E-state index contributed by atoms with van der Waals surface area (Å²) < 4.78 is 0. The molecular weight excluding hydrogens is 268 g/mol. The average Bonchev–Trinajstić information content (AvgIpc) is 2.35. The van der Waals surface area contributed by atoms with E-state index < -0.39 is 16.6 Å². The van der Waals surface area contributed by atoms with Gasteiger partial charge in [-0.1, -0.05) is 6.92 Å². The maximum Gasteiger partial charge on any atom is 0.342 e. The summed E-state index contributed by atoms with van der Waals surface area (Å²) in [6.07, 6.45) is 0. The van der Waals surface area contributed by atoms with Crippen molar-refractivity contribution in [3.8, 4) is 0 Å². The molecular formula is C12H16N2O4S. The van der Waals surface area contributed by atoms with Crippen LogP contribution in [0.3, 0.4) is 0 Å². The van der Waals surface area contributed by atoms with Crippen LogP contribution in [-0.2, 0) is 0 Å². The summed E-state index contributed by atoms with van der Waals surface area (Å²) >= 11 is 1.76. The first-order valence-corrected chi connectivity index (χ1v) is 6.97. The molecule has 1 aromatic rings. The van der Waals surface area contributed by atoms with Crippen LogP contribution in [0.25, 0.3) is 0 Å². The van der Waals surface area contributed by atoms with Gasteiger partial charge in [0.2, 0.25) is 0 Å². The van der Waals surface area contributed by atoms with Crippen LogP contribution in [0.5, 0.6) is 0 Å². The number of thioether (sulfide) groups is 1. The Kier molecular flexibility index (Phi) is 5.62. The molecule has 0 radical (unpaired) electrons. The number of nitro benzene ring substituents is 1. The third kappa shape index (κ3) is 4.44. The van der Waals surface area contributed by atoms with Crippen LogP contribution >= 0.6 is 11.8 Å². The minimum atomic E-state index is -1.30. The highest BCUT2D eigenvalue weighted by atomic mass is 32.2. The molecule has 1 rings (SSSR count). The molecule has 2 N–H and O–H groups in total. The van der Waals surface area contributed by atoms with E-state index in [0.29, 0.717) is 5.69 Å². The largest absolute Gasteiger partial charge is 0.477 e. The zero-order valence-electron chi connectivity index (χ0n) is 10.8. The zero-order valence-corrected chi connectivity index (χ0v) is 11.6. The number of nitro groups is 1. The zero-order chi connectivity index (χ0) is 14.4. The van der Waals surface area contributed by atoms with Gasteiger partial charge in [0.15, 0.2) is 0 Å². The minimum Gasteiger partial charge on any atom is -0.477 e. The molecule has 6 nitrogen and oxygen atoms in total. The molecule has 0 aliphatic rings. The van der Waals surface area contributed by atoms with Crippen molar-refractivity contribution >= 4 is 29.1 Å². The van der Waals surface area contributed by atoms with Crippen molar-refractivity contribution in [1.82, 2.24) is 0 Å². The lowest BCUT2D eigenvalue weighted by Crippen LogP contribution is -2.18. The lowest BCUT2D eigenvalue weighted by molar-refractivity contribution is -0.385. The van der Waals surface area contributed by atoms with Crippen molar-refractivity contribution in [2.45, 2.75) is 19.9 Å². The van der Waals surface area contributed by atoms with Crippen molar-refractivity contribution < 1.29 is 14.8 Å². The van der Waals surface area contributed by atoms with Gasteiger partial charge in [-0.15, -0.1) is 0 Å². The highest BCUT2D eigenvalue weighted by Gasteiger charge is 2.20. The van der Waals surface area contributed by atoms with E-state index in [-0.39, 0.29) is 11.6 Å². The fraction of sp³-hybridized carbons (Fsp3) is 0.417. The van der Waals surface area contributed by atoms with Crippen LogP contribution in [-0.4, -0.2) is 33.5 Å². The molecule has 0 spiro atoms. The first kappa shape index (κ1) is 15.3. The van der Waals surface area contributed by atoms with Gasteiger partial charge in [-0.2, -0.15) is 11.8 Å². The summed E-state index contributed by atoms with van der Waals surface area (Å²) in [6, 6.07) is 4.21. The van der Waals surface area contributed by atoms with Gasteiger partial charge in [-0.3, -0.25) is 10.1 Å². The van der Waals surface area contributed by atoms with Crippen molar-refractivity contribution in [3.63, 3.8) is 0 Å². The van der Waals surface area contributed by atoms with Gasteiger partial charge in [0, 0.05) is 23.5 Å². The highest BCUT2D eigenvalue weighted by Crippen LogP contribution is 2.24. The normalized spacial score (nSPS) is 11.9. The fourth-order valence-electron chi connectivity index (χ4n) is 1.57. The molecule has 1 atom stereocenters. The minimum absolute atomic E-state index is 0.153.